The van der Waals surface area contributed by atoms with Gasteiger partial charge in [0.15, 0.2) is 0 Å². The molecule has 0 saturated carbocycles. The van der Waals surface area contributed by atoms with Gasteiger partial charge in [-0.2, -0.15) is 0 Å². The molecule has 76 valence electrons. The lowest BCUT2D eigenvalue weighted by Gasteiger charge is -2.14. The molecule has 1 heterocycles. The molecular weight excluding hydrogens is 194 g/mol. The van der Waals surface area contributed by atoms with Crippen molar-refractivity contribution in [3.05, 3.63) is 29.3 Å². The summed E-state index contributed by atoms with van der Waals surface area (Å²) in [5.74, 6) is -1.15. The van der Waals surface area contributed by atoms with Crippen LogP contribution in [0.15, 0.2) is 18.2 Å². The van der Waals surface area contributed by atoms with E-state index in [0.29, 0.717) is 17.5 Å². The summed E-state index contributed by atoms with van der Waals surface area (Å²) in [4.78, 5) is 34.7. The van der Waals surface area contributed by atoms with Crippen molar-refractivity contribution >= 4 is 23.7 Å². The predicted octanol–water partition coefficient (Wildman–Crippen LogP) is 0.723. The third-order valence-electron chi connectivity index (χ3n) is 2.45. The summed E-state index contributed by atoms with van der Waals surface area (Å²) >= 11 is 0. The molecular formula is C11H9NO3. The van der Waals surface area contributed by atoms with Crippen LogP contribution in [0.3, 0.4) is 0 Å². The second kappa shape index (κ2) is 3.31. The maximum atomic E-state index is 11.5. The lowest BCUT2D eigenvalue weighted by molar-refractivity contribution is -0.115. The highest BCUT2D eigenvalue weighted by Gasteiger charge is 2.36. The first-order valence-corrected chi connectivity index (χ1v) is 4.56. The summed E-state index contributed by atoms with van der Waals surface area (Å²) < 4.78 is 0. The zero-order valence-corrected chi connectivity index (χ0v) is 8.19. The standard InChI is InChI=1S/C11H9NO3/c1-7-3-2-4-8-9(7)12(5-6-13)11(15)10(8)14/h2-4,6H,5H2,1H3. The van der Waals surface area contributed by atoms with Gasteiger partial charge in [-0.15, -0.1) is 0 Å². The van der Waals surface area contributed by atoms with E-state index < -0.39 is 11.7 Å². The number of fused-ring (bicyclic) bond motifs is 1. The summed E-state index contributed by atoms with van der Waals surface area (Å²) in [5.41, 5.74) is 1.79. The first kappa shape index (κ1) is 9.58. The number of hydrogen-bond acceptors (Lipinski definition) is 3. The Morgan fingerprint density at radius 1 is 1.33 bits per heavy atom. The normalized spacial score (nSPS) is 14.3. The molecule has 0 aromatic heterocycles. The first-order valence-electron chi connectivity index (χ1n) is 4.56. The number of benzene rings is 1. The molecule has 0 aliphatic carbocycles. The molecule has 4 nitrogen and oxygen atoms in total. The molecule has 0 atom stereocenters. The van der Waals surface area contributed by atoms with Crippen molar-refractivity contribution in [3.63, 3.8) is 0 Å². The number of para-hydroxylation sites is 1. The largest absolute Gasteiger partial charge is 0.301 e. The molecule has 2 rings (SSSR count). The number of carbonyl (C=O) groups excluding carboxylic acids is 3. The fraction of sp³-hybridized carbons (Fsp3) is 0.182. The van der Waals surface area contributed by atoms with E-state index in [2.05, 4.69) is 0 Å². The third-order valence-corrected chi connectivity index (χ3v) is 2.45. The molecule has 0 spiro atoms. The Morgan fingerprint density at radius 3 is 2.73 bits per heavy atom. The van der Waals surface area contributed by atoms with Gasteiger partial charge in [0, 0.05) is 0 Å². The minimum atomic E-state index is -0.619. The number of hydrogen-bond donors (Lipinski definition) is 0. The van der Waals surface area contributed by atoms with Gasteiger partial charge >= 0.3 is 0 Å². The molecule has 0 unspecified atom stereocenters. The van der Waals surface area contributed by atoms with Gasteiger partial charge in [0.25, 0.3) is 11.7 Å². The SMILES string of the molecule is Cc1cccc2c1N(CC=O)C(=O)C2=O. The fourth-order valence-corrected chi connectivity index (χ4v) is 1.79. The Labute approximate surface area is 86.5 Å². The molecule has 15 heavy (non-hydrogen) atoms. The summed E-state index contributed by atoms with van der Waals surface area (Å²) in [5, 5.41) is 0. The monoisotopic (exact) mass is 203 g/mol. The predicted molar refractivity (Wildman–Crippen MR) is 53.9 cm³/mol. The molecule has 1 aromatic carbocycles. The van der Waals surface area contributed by atoms with Gasteiger partial charge in [0.1, 0.15) is 6.29 Å². The van der Waals surface area contributed by atoms with Crippen LogP contribution in [0.2, 0.25) is 0 Å². The van der Waals surface area contributed by atoms with Crippen LogP contribution in [-0.2, 0) is 9.59 Å². The van der Waals surface area contributed by atoms with Crippen molar-refractivity contribution in [2.45, 2.75) is 6.92 Å². The lowest BCUT2D eigenvalue weighted by Crippen LogP contribution is -2.31. The summed E-state index contributed by atoms with van der Waals surface area (Å²) in [6.45, 7) is 1.74. The summed E-state index contributed by atoms with van der Waals surface area (Å²) in [7, 11) is 0. The topological polar surface area (TPSA) is 54.5 Å². The van der Waals surface area contributed by atoms with Crippen molar-refractivity contribution in [1.29, 1.82) is 0 Å². The average molecular weight is 203 g/mol. The number of aldehydes is 1. The van der Waals surface area contributed by atoms with Gasteiger partial charge in [0.05, 0.1) is 17.8 Å². The molecule has 1 aliphatic rings. The summed E-state index contributed by atoms with van der Waals surface area (Å²) in [6, 6.07) is 5.14. The Balaban J connectivity index is 2.61. The molecule has 4 heteroatoms. The van der Waals surface area contributed by atoms with E-state index in [-0.39, 0.29) is 6.54 Å². The van der Waals surface area contributed by atoms with Crippen LogP contribution in [-0.4, -0.2) is 24.5 Å². The zero-order valence-electron chi connectivity index (χ0n) is 8.19. The number of rotatable bonds is 2. The van der Waals surface area contributed by atoms with E-state index in [9.17, 15) is 14.4 Å². The molecule has 0 bridgehead atoms. The molecule has 1 aromatic rings. The van der Waals surface area contributed by atoms with E-state index in [1.54, 1.807) is 12.1 Å². The second-order valence-corrected chi connectivity index (χ2v) is 3.38. The first-order chi connectivity index (χ1) is 7.16. The number of aryl methyl sites for hydroxylation is 1. The third kappa shape index (κ3) is 1.26. The van der Waals surface area contributed by atoms with Gasteiger partial charge in [-0.05, 0) is 18.6 Å². The number of amides is 1. The zero-order chi connectivity index (χ0) is 11.0. The van der Waals surface area contributed by atoms with Crippen LogP contribution < -0.4 is 4.90 Å². The Bertz CT molecular complexity index is 465. The van der Waals surface area contributed by atoms with Crippen LogP contribution in [0.5, 0.6) is 0 Å². The van der Waals surface area contributed by atoms with Gasteiger partial charge < -0.3 is 4.79 Å². The maximum absolute atomic E-state index is 11.5. The van der Waals surface area contributed by atoms with Crippen molar-refractivity contribution in [3.8, 4) is 0 Å². The Kier molecular flexibility index (Phi) is 2.11. The number of nitrogens with zero attached hydrogens (tertiary/aromatic N) is 1. The van der Waals surface area contributed by atoms with Gasteiger partial charge in [-0.25, -0.2) is 0 Å². The highest BCUT2D eigenvalue weighted by Crippen LogP contribution is 2.31. The van der Waals surface area contributed by atoms with Crippen molar-refractivity contribution in [2.24, 2.45) is 0 Å². The van der Waals surface area contributed by atoms with Gasteiger partial charge in [-0.1, -0.05) is 12.1 Å². The number of carbonyl (C=O) groups is 3. The smallest absolute Gasteiger partial charge is 0.299 e. The quantitative estimate of drug-likeness (QED) is 0.525. The molecule has 1 amide bonds. The van der Waals surface area contributed by atoms with Crippen LogP contribution in [0.1, 0.15) is 15.9 Å². The Morgan fingerprint density at radius 2 is 2.07 bits per heavy atom. The van der Waals surface area contributed by atoms with Crippen molar-refractivity contribution < 1.29 is 14.4 Å². The number of Topliss-reactive ketones (excluding diaryl/α,β-unsaturated/α-hetero) is 1. The minimum absolute atomic E-state index is 0.0670. The number of ketones is 1. The molecule has 0 N–H and O–H groups in total. The van der Waals surface area contributed by atoms with Crippen molar-refractivity contribution in [1.82, 2.24) is 0 Å². The molecule has 0 radical (unpaired) electrons. The second-order valence-electron chi connectivity index (χ2n) is 3.38. The summed E-state index contributed by atoms with van der Waals surface area (Å²) in [6.07, 6.45) is 0.618. The maximum Gasteiger partial charge on any atom is 0.299 e. The van der Waals surface area contributed by atoms with Crippen LogP contribution in [0.25, 0.3) is 0 Å². The molecule has 0 fully saturated rings. The van der Waals surface area contributed by atoms with Crippen LogP contribution in [0, 0.1) is 6.92 Å². The van der Waals surface area contributed by atoms with E-state index in [4.69, 9.17) is 0 Å². The van der Waals surface area contributed by atoms with Gasteiger partial charge in [0.2, 0.25) is 0 Å². The lowest BCUT2D eigenvalue weighted by atomic mass is 10.1. The average Bonchev–Trinajstić information content (AvgIpc) is 2.46. The van der Waals surface area contributed by atoms with Gasteiger partial charge in [-0.3, -0.25) is 14.5 Å². The minimum Gasteiger partial charge on any atom is -0.301 e. The Hall–Kier alpha value is -1.97. The highest BCUT2D eigenvalue weighted by molar-refractivity contribution is 6.52. The highest BCUT2D eigenvalue weighted by atomic mass is 16.2. The molecule has 1 aliphatic heterocycles. The van der Waals surface area contributed by atoms with E-state index in [0.717, 1.165) is 5.56 Å². The molecule has 0 saturated heterocycles. The van der Waals surface area contributed by atoms with Crippen LogP contribution >= 0.6 is 0 Å². The van der Waals surface area contributed by atoms with Crippen molar-refractivity contribution in [2.75, 3.05) is 11.4 Å². The number of anilines is 1. The van der Waals surface area contributed by atoms with E-state index in [1.165, 1.54) is 4.90 Å². The van der Waals surface area contributed by atoms with E-state index >= 15 is 0 Å². The fourth-order valence-electron chi connectivity index (χ4n) is 1.79. The van der Waals surface area contributed by atoms with E-state index in [1.807, 2.05) is 13.0 Å². The van der Waals surface area contributed by atoms with Crippen LogP contribution in [0.4, 0.5) is 5.69 Å².